The number of carbonyl (C=O) groups is 1. The topological polar surface area (TPSA) is 307 Å². The van der Waals surface area contributed by atoms with Crippen molar-refractivity contribution in [1.82, 2.24) is 5.32 Å². The van der Waals surface area contributed by atoms with Gasteiger partial charge >= 0.3 is 0 Å². The summed E-state index contributed by atoms with van der Waals surface area (Å²) in [7, 11) is 0. The number of aliphatic hydroxyl groups excluding tert-OH is 11. The van der Waals surface area contributed by atoms with Gasteiger partial charge in [0.2, 0.25) is 5.91 Å². The van der Waals surface area contributed by atoms with Crippen LogP contribution in [0.2, 0.25) is 0 Å². The second-order valence-electron chi connectivity index (χ2n) is 18.9. The molecule has 3 rings (SSSR count). The number of hydrogen-bond acceptors (Lipinski definition) is 18. The number of allylic oxidation sites excluding steroid dienone is 19. The maximum absolute atomic E-state index is 13.2. The molecule has 17 unspecified atom stereocenters. The molecule has 0 spiro atoms. The van der Waals surface area contributed by atoms with Crippen LogP contribution in [0.15, 0.2) is 122 Å². The van der Waals surface area contributed by atoms with Gasteiger partial charge in [-0.05, 0) is 90.4 Å². The number of ether oxygens (including phenoxy) is 6. The lowest BCUT2D eigenvalue weighted by atomic mass is 9.96. The maximum Gasteiger partial charge on any atom is 0.220 e. The van der Waals surface area contributed by atoms with Gasteiger partial charge in [0.1, 0.15) is 73.2 Å². The number of aliphatic hydroxyl groups is 11. The van der Waals surface area contributed by atoms with E-state index in [9.17, 15) is 61.0 Å². The lowest BCUT2D eigenvalue weighted by Gasteiger charge is -2.48. The number of nitrogens with one attached hydrogen (secondary N) is 1. The molecule has 3 aliphatic heterocycles. The summed E-state index contributed by atoms with van der Waals surface area (Å²) in [5, 5.41) is 120. The highest BCUT2D eigenvalue weighted by molar-refractivity contribution is 5.76. The molecule has 436 valence electrons. The van der Waals surface area contributed by atoms with Gasteiger partial charge in [-0.1, -0.05) is 128 Å². The lowest BCUT2D eigenvalue weighted by molar-refractivity contribution is -0.379. The first-order chi connectivity index (χ1) is 37.3. The lowest BCUT2D eigenvalue weighted by Crippen LogP contribution is -2.66. The highest BCUT2D eigenvalue weighted by Gasteiger charge is 2.53. The second-order valence-corrected chi connectivity index (χ2v) is 18.9. The Hall–Kier alpha value is -3.81. The number of amides is 1. The van der Waals surface area contributed by atoms with Crippen LogP contribution in [-0.4, -0.2) is 193 Å². The molecule has 3 saturated heterocycles. The van der Waals surface area contributed by atoms with Crippen LogP contribution < -0.4 is 5.32 Å². The quantitative estimate of drug-likeness (QED) is 0.0316. The van der Waals surface area contributed by atoms with Crippen LogP contribution in [0.4, 0.5) is 0 Å². The molecule has 0 radical (unpaired) electrons. The summed E-state index contributed by atoms with van der Waals surface area (Å²) in [6.07, 6.45) is 25.2. The molecule has 3 heterocycles. The molecule has 0 aromatic carbocycles. The molecule has 0 aromatic rings. The van der Waals surface area contributed by atoms with E-state index in [0.29, 0.717) is 19.3 Å². The van der Waals surface area contributed by atoms with Crippen molar-refractivity contribution < 1.29 is 89.4 Å². The molecule has 0 bridgehead atoms. The minimum Gasteiger partial charge on any atom is -0.394 e. The van der Waals surface area contributed by atoms with E-state index in [1.54, 1.807) is 6.08 Å². The van der Waals surface area contributed by atoms with Crippen LogP contribution in [0.1, 0.15) is 104 Å². The smallest absolute Gasteiger partial charge is 0.220 e. The van der Waals surface area contributed by atoms with E-state index < -0.39 is 131 Å². The van der Waals surface area contributed by atoms with E-state index in [0.717, 1.165) is 64.2 Å². The first-order valence-corrected chi connectivity index (χ1v) is 27.3. The Morgan fingerprint density at radius 2 is 0.896 bits per heavy atom. The zero-order valence-electron chi connectivity index (χ0n) is 44.9. The van der Waals surface area contributed by atoms with E-state index in [1.165, 1.54) is 6.08 Å². The third kappa shape index (κ3) is 25.0. The van der Waals surface area contributed by atoms with E-state index >= 15 is 0 Å². The molecular formula is C58H91NO18. The van der Waals surface area contributed by atoms with Crippen molar-refractivity contribution in [3.8, 4) is 0 Å². The van der Waals surface area contributed by atoms with Gasteiger partial charge in [-0.2, -0.15) is 0 Å². The summed E-state index contributed by atoms with van der Waals surface area (Å²) >= 11 is 0. The van der Waals surface area contributed by atoms with Crippen molar-refractivity contribution in [2.45, 2.75) is 208 Å². The minimum absolute atomic E-state index is 0.142. The maximum atomic E-state index is 13.2. The van der Waals surface area contributed by atoms with Gasteiger partial charge in [0.15, 0.2) is 18.9 Å². The third-order valence-corrected chi connectivity index (χ3v) is 12.8. The Kier molecular flexibility index (Phi) is 35.4. The molecule has 77 heavy (non-hydrogen) atoms. The molecule has 19 nitrogen and oxygen atoms in total. The summed E-state index contributed by atoms with van der Waals surface area (Å²) in [6, 6.07) is -1.03. The standard InChI is InChI=1S/C58H91NO18/c1-3-5-7-9-11-13-14-15-16-17-18-19-20-21-22-23-24-25-26-28-30-32-34-36-46(64)59-41(42(63)35-33-31-29-27-12-10-8-6-4-2)40-72-56-52(70)49(67)54(44(38-61)74-56)77-58-53(71)50(68)55(45(39-62)75-58)76-57-51(69)48(66)47(65)43(37-60)73-57/h4-7,11-13,15-16,18-19,21-22,24-25,27-28,30,33,35,41-45,47-58,60-63,65-71H,3,8-10,14,17,20,23,26,29,31-32,34,36-40H2,1-2H3,(H,59,64)/b6-4+,7-5-,13-11-,16-15-,19-18-,22-21-,25-24-,27-12+,30-28-,35-33+. The van der Waals surface area contributed by atoms with Crippen LogP contribution in [0.5, 0.6) is 0 Å². The van der Waals surface area contributed by atoms with Gasteiger partial charge in [0.25, 0.3) is 0 Å². The second kappa shape index (κ2) is 40.4. The zero-order chi connectivity index (χ0) is 56.2. The van der Waals surface area contributed by atoms with Crippen LogP contribution >= 0.6 is 0 Å². The predicted molar refractivity (Wildman–Crippen MR) is 290 cm³/mol. The Labute approximate surface area is 455 Å². The third-order valence-electron chi connectivity index (χ3n) is 12.8. The summed E-state index contributed by atoms with van der Waals surface area (Å²) in [4.78, 5) is 13.2. The Morgan fingerprint density at radius 1 is 0.494 bits per heavy atom. The van der Waals surface area contributed by atoms with Gasteiger partial charge in [-0.25, -0.2) is 0 Å². The largest absolute Gasteiger partial charge is 0.394 e. The fourth-order valence-corrected chi connectivity index (χ4v) is 8.33. The van der Waals surface area contributed by atoms with Crippen molar-refractivity contribution in [1.29, 1.82) is 0 Å². The Morgan fingerprint density at radius 3 is 1.38 bits per heavy atom. The van der Waals surface area contributed by atoms with Gasteiger partial charge in [0, 0.05) is 6.42 Å². The average molecular weight is 1090 g/mol. The number of carbonyl (C=O) groups excluding carboxylic acids is 1. The van der Waals surface area contributed by atoms with Gasteiger partial charge in [-0.3, -0.25) is 4.79 Å². The van der Waals surface area contributed by atoms with E-state index in [2.05, 4.69) is 103 Å². The average Bonchev–Trinajstić information content (AvgIpc) is 3.43. The monoisotopic (exact) mass is 1090 g/mol. The zero-order valence-corrected chi connectivity index (χ0v) is 44.9. The van der Waals surface area contributed by atoms with Crippen LogP contribution in [0.25, 0.3) is 0 Å². The number of unbranched alkanes of at least 4 members (excludes halogenated alkanes) is 3. The van der Waals surface area contributed by atoms with Crippen molar-refractivity contribution >= 4 is 5.91 Å². The van der Waals surface area contributed by atoms with E-state index in [1.807, 2.05) is 25.2 Å². The molecule has 12 N–H and O–H groups in total. The van der Waals surface area contributed by atoms with Gasteiger partial charge in [0.05, 0.1) is 38.6 Å². The summed E-state index contributed by atoms with van der Waals surface area (Å²) in [5.41, 5.74) is 0. The van der Waals surface area contributed by atoms with Crippen LogP contribution in [-0.2, 0) is 33.2 Å². The van der Waals surface area contributed by atoms with E-state index in [4.69, 9.17) is 28.4 Å². The van der Waals surface area contributed by atoms with Crippen molar-refractivity contribution in [3.05, 3.63) is 122 Å². The van der Waals surface area contributed by atoms with Crippen molar-refractivity contribution in [2.75, 3.05) is 26.4 Å². The molecule has 3 aliphatic rings. The molecular weight excluding hydrogens is 999 g/mol. The summed E-state index contributed by atoms with van der Waals surface area (Å²) < 4.78 is 34.0. The molecule has 0 saturated carbocycles. The molecule has 0 aromatic heterocycles. The fraction of sp³-hybridized carbons (Fsp3) is 0.638. The SMILES string of the molecule is C/C=C/CC/C=C/CC/C=C/C(O)C(COC1OC(CO)C(OC2OC(CO)C(OC3OC(CO)C(O)C(O)C3O)C(O)C2O)C(O)C1O)NC(=O)CCC/C=C\C/C=C\C/C=C\C/C=C\C/C=C\C/C=C\C/C=C\CC. The highest BCUT2D eigenvalue weighted by atomic mass is 16.8. The van der Waals surface area contributed by atoms with Crippen LogP contribution in [0.3, 0.4) is 0 Å². The first kappa shape index (κ1) is 67.5. The summed E-state index contributed by atoms with van der Waals surface area (Å²) in [5.74, 6) is -0.359. The predicted octanol–water partition coefficient (Wildman–Crippen LogP) is 3.36. The normalized spacial score (nSPS) is 31.7. The number of rotatable bonds is 36. The van der Waals surface area contributed by atoms with Gasteiger partial charge in [-0.15, -0.1) is 0 Å². The molecule has 0 aliphatic carbocycles. The van der Waals surface area contributed by atoms with E-state index in [-0.39, 0.29) is 12.3 Å². The Balaban J connectivity index is 1.51. The first-order valence-electron chi connectivity index (χ1n) is 27.3. The fourth-order valence-electron chi connectivity index (χ4n) is 8.33. The minimum atomic E-state index is -1.99. The summed E-state index contributed by atoms with van der Waals surface area (Å²) in [6.45, 7) is 1.23. The highest BCUT2D eigenvalue weighted by Crippen LogP contribution is 2.33. The van der Waals surface area contributed by atoms with Crippen LogP contribution in [0, 0.1) is 0 Å². The van der Waals surface area contributed by atoms with Gasteiger partial charge < -0.3 is 89.9 Å². The Bertz CT molecular complexity index is 1880. The van der Waals surface area contributed by atoms with Crippen molar-refractivity contribution in [2.24, 2.45) is 0 Å². The molecule has 17 atom stereocenters. The van der Waals surface area contributed by atoms with Crippen molar-refractivity contribution in [3.63, 3.8) is 0 Å². The molecule has 1 amide bonds. The molecule has 19 heteroatoms. The molecule has 3 fully saturated rings. The number of hydrogen-bond donors (Lipinski definition) is 12.